The Morgan fingerprint density at radius 1 is 0.903 bits per heavy atom. The van der Waals surface area contributed by atoms with Crippen LogP contribution in [0.5, 0.6) is 0 Å². The molecule has 0 fully saturated rings. The number of allylic oxidation sites excluding steroid dienone is 5. The molecule has 0 aromatic heterocycles. The van der Waals surface area contributed by atoms with E-state index in [2.05, 4.69) is 117 Å². The second kappa shape index (κ2) is 9.40. The molecule has 0 spiro atoms. The third kappa shape index (κ3) is 4.83. The molecule has 0 saturated carbocycles. The molecule has 3 heteroatoms. The molecule has 160 valence electrons. The Labute approximate surface area is 186 Å². The predicted octanol–water partition coefficient (Wildman–Crippen LogP) is 5.96. The fourth-order valence-electron chi connectivity index (χ4n) is 4.30. The van der Waals surface area contributed by atoms with Crippen LogP contribution in [0.15, 0.2) is 95.9 Å². The van der Waals surface area contributed by atoms with Crippen LogP contribution in [0.1, 0.15) is 30.4 Å². The average Bonchev–Trinajstić information content (AvgIpc) is 2.79. The van der Waals surface area contributed by atoms with Gasteiger partial charge in [-0.15, -0.1) is 0 Å². The summed E-state index contributed by atoms with van der Waals surface area (Å²) in [5.74, 6) is 1.06. The summed E-state index contributed by atoms with van der Waals surface area (Å²) in [5.41, 5.74) is 7.48. The van der Waals surface area contributed by atoms with Crippen molar-refractivity contribution < 1.29 is 4.74 Å². The molecule has 0 amide bonds. The van der Waals surface area contributed by atoms with Crippen LogP contribution in [0.3, 0.4) is 0 Å². The van der Waals surface area contributed by atoms with Gasteiger partial charge >= 0.3 is 0 Å². The fraction of sp³-hybridized carbons (Fsp3) is 0.286. The van der Waals surface area contributed by atoms with Gasteiger partial charge in [0.2, 0.25) is 0 Å². The van der Waals surface area contributed by atoms with Crippen LogP contribution in [0, 0.1) is 0 Å². The van der Waals surface area contributed by atoms with Crippen molar-refractivity contribution in [2.45, 2.75) is 25.5 Å². The Bertz CT molecular complexity index is 1030. The van der Waals surface area contributed by atoms with Crippen LogP contribution in [0.25, 0.3) is 11.1 Å². The molecule has 4 rings (SSSR count). The van der Waals surface area contributed by atoms with Crippen molar-refractivity contribution in [2.24, 2.45) is 0 Å². The highest BCUT2D eigenvalue weighted by atomic mass is 16.5. The minimum atomic E-state index is -0.0966. The number of rotatable bonds is 5. The molecule has 1 unspecified atom stereocenters. The van der Waals surface area contributed by atoms with Crippen LogP contribution >= 0.6 is 0 Å². The number of hydrogen-bond acceptors (Lipinski definition) is 3. The van der Waals surface area contributed by atoms with E-state index in [0.717, 1.165) is 25.0 Å². The van der Waals surface area contributed by atoms with Crippen LogP contribution < -0.4 is 0 Å². The summed E-state index contributed by atoms with van der Waals surface area (Å²) in [5, 5.41) is 0. The molecule has 2 aliphatic rings. The van der Waals surface area contributed by atoms with Crippen molar-refractivity contribution in [3.05, 3.63) is 107 Å². The van der Waals surface area contributed by atoms with E-state index in [4.69, 9.17) is 4.74 Å². The summed E-state index contributed by atoms with van der Waals surface area (Å²) in [4.78, 5) is 4.26. The topological polar surface area (TPSA) is 15.7 Å². The zero-order valence-electron chi connectivity index (χ0n) is 19.0. The molecule has 0 saturated heterocycles. The molecular formula is C28H32N2O. The van der Waals surface area contributed by atoms with Gasteiger partial charge in [-0.1, -0.05) is 60.7 Å². The Kier molecular flexibility index (Phi) is 6.43. The zero-order valence-corrected chi connectivity index (χ0v) is 19.0. The largest absolute Gasteiger partial charge is 0.470 e. The molecule has 0 bridgehead atoms. The highest BCUT2D eigenvalue weighted by Gasteiger charge is 2.30. The molecule has 2 aromatic rings. The molecule has 1 atom stereocenters. The first-order valence-electron chi connectivity index (χ1n) is 11.0. The Morgan fingerprint density at radius 3 is 2.23 bits per heavy atom. The summed E-state index contributed by atoms with van der Waals surface area (Å²) in [6, 6.07) is 21.2. The van der Waals surface area contributed by atoms with Crippen molar-refractivity contribution in [2.75, 3.05) is 28.2 Å². The van der Waals surface area contributed by atoms with Crippen LogP contribution in [0.2, 0.25) is 0 Å². The van der Waals surface area contributed by atoms with Crippen molar-refractivity contribution in [3.8, 4) is 0 Å². The first-order valence-corrected chi connectivity index (χ1v) is 11.0. The maximum atomic E-state index is 6.70. The lowest BCUT2D eigenvalue weighted by Crippen LogP contribution is -2.34. The van der Waals surface area contributed by atoms with E-state index in [9.17, 15) is 0 Å². The normalized spacial score (nSPS) is 20.4. The summed E-state index contributed by atoms with van der Waals surface area (Å²) >= 11 is 0. The highest BCUT2D eigenvalue weighted by Crippen LogP contribution is 2.41. The smallest absolute Gasteiger partial charge is 0.179 e. The number of benzene rings is 2. The summed E-state index contributed by atoms with van der Waals surface area (Å²) in [6.07, 6.45) is 10.0. The SMILES string of the molecule is CN(C)C=C(C=C1CCCC2=C1OC(N(C)C)C(c1ccccc1)=C2)c1ccccc1. The molecule has 2 aromatic carbocycles. The van der Waals surface area contributed by atoms with E-state index in [1.165, 1.54) is 33.4 Å². The number of nitrogens with zero attached hydrogens (tertiary/aromatic N) is 2. The van der Waals surface area contributed by atoms with Crippen molar-refractivity contribution in [1.29, 1.82) is 0 Å². The molecule has 0 N–H and O–H groups in total. The first-order chi connectivity index (χ1) is 15.0. The quantitative estimate of drug-likeness (QED) is 0.603. The van der Waals surface area contributed by atoms with E-state index in [1.54, 1.807) is 0 Å². The minimum absolute atomic E-state index is 0.0966. The van der Waals surface area contributed by atoms with Gasteiger partial charge in [0, 0.05) is 25.9 Å². The van der Waals surface area contributed by atoms with E-state index < -0.39 is 0 Å². The van der Waals surface area contributed by atoms with Crippen molar-refractivity contribution in [1.82, 2.24) is 9.80 Å². The molecule has 3 nitrogen and oxygen atoms in total. The lowest BCUT2D eigenvalue weighted by molar-refractivity contribution is 0.0503. The van der Waals surface area contributed by atoms with Crippen LogP contribution in [-0.2, 0) is 4.74 Å². The molecule has 31 heavy (non-hydrogen) atoms. The van der Waals surface area contributed by atoms with Crippen LogP contribution in [-0.4, -0.2) is 44.2 Å². The fourth-order valence-corrected chi connectivity index (χ4v) is 4.30. The summed E-state index contributed by atoms with van der Waals surface area (Å²) in [7, 11) is 8.31. The number of likely N-dealkylation sites (N-methyl/N-ethyl adjacent to an activating group) is 1. The lowest BCUT2D eigenvalue weighted by atomic mass is 9.87. The van der Waals surface area contributed by atoms with Gasteiger partial charge in [0.05, 0.1) is 0 Å². The van der Waals surface area contributed by atoms with Gasteiger partial charge in [0.1, 0.15) is 5.76 Å². The van der Waals surface area contributed by atoms with Gasteiger partial charge in [-0.3, -0.25) is 4.90 Å². The van der Waals surface area contributed by atoms with Gasteiger partial charge in [0.25, 0.3) is 0 Å². The van der Waals surface area contributed by atoms with Gasteiger partial charge in [0.15, 0.2) is 6.23 Å². The molecule has 1 aliphatic heterocycles. The monoisotopic (exact) mass is 412 g/mol. The highest BCUT2D eigenvalue weighted by molar-refractivity contribution is 5.77. The van der Waals surface area contributed by atoms with E-state index in [1.807, 2.05) is 0 Å². The van der Waals surface area contributed by atoms with Gasteiger partial charge in [-0.25, -0.2) is 0 Å². The van der Waals surface area contributed by atoms with Gasteiger partial charge in [-0.2, -0.15) is 0 Å². The Morgan fingerprint density at radius 2 is 1.58 bits per heavy atom. The first kappa shape index (κ1) is 21.2. The zero-order chi connectivity index (χ0) is 21.8. The van der Waals surface area contributed by atoms with E-state index in [-0.39, 0.29) is 6.23 Å². The van der Waals surface area contributed by atoms with Crippen LogP contribution in [0.4, 0.5) is 0 Å². The lowest BCUT2D eigenvalue weighted by Gasteiger charge is -2.36. The molecule has 0 radical (unpaired) electrons. The van der Waals surface area contributed by atoms with Crippen molar-refractivity contribution in [3.63, 3.8) is 0 Å². The maximum Gasteiger partial charge on any atom is 0.179 e. The maximum absolute atomic E-state index is 6.70. The molecule has 1 heterocycles. The van der Waals surface area contributed by atoms with E-state index >= 15 is 0 Å². The number of hydrogen-bond donors (Lipinski definition) is 0. The summed E-state index contributed by atoms with van der Waals surface area (Å²) in [6.45, 7) is 0. The Hall–Kier alpha value is -3.04. The predicted molar refractivity (Wildman–Crippen MR) is 130 cm³/mol. The minimum Gasteiger partial charge on any atom is -0.470 e. The Balaban J connectivity index is 1.78. The average molecular weight is 413 g/mol. The summed E-state index contributed by atoms with van der Waals surface area (Å²) < 4.78 is 6.70. The van der Waals surface area contributed by atoms with E-state index in [0.29, 0.717) is 0 Å². The second-order valence-corrected chi connectivity index (χ2v) is 8.69. The molecular weight excluding hydrogens is 380 g/mol. The molecule has 1 aliphatic carbocycles. The second-order valence-electron chi connectivity index (χ2n) is 8.69. The van der Waals surface area contributed by atoms with Gasteiger partial charge in [-0.05, 0) is 73.4 Å². The third-order valence-electron chi connectivity index (χ3n) is 5.71. The third-order valence-corrected chi connectivity index (χ3v) is 5.71. The standard InChI is InChI=1S/C28H32N2O/c1-29(2)20-25(21-12-7-5-8-13-21)18-23-16-11-17-24-19-26(22-14-9-6-10-15-22)28(30(3)4)31-27(23)24/h5-10,12-15,18-20,28H,11,16-17H2,1-4H3. The van der Waals surface area contributed by atoms with Crippen molar-refractivity contribution >= 4 is 11.1 Å². The number of ether oxygens (including phenoxy) is 1. The van der Waals surface area contributed by atoms with Gasteiger partial charge < -0.3 is 9.64 Å².